The molecule has 1 unspecified atom stereocenters. The number of carbonyl (C=O) groups excluding carboxylic acids is 1. The van der Waals surface area contributed by atoms with Crippen molar-refractivity contribution < 1.29 is 9.18 Å². The third kappa shape index (κ3) is 3.48. The highest BCUT2D eigenvalue weighted by atomic mass is 32.1. The summed E-state index contributed by atoms with van der Waals surface area (Å²) in [5.41, 5.74) is 2.63. The quantitative estimate of drug-likeness (QED) is 0.873. The van der Waals surface area contributed by atoms with E-state index in [1.807, 2.05) is 6.92 Å². The number of nitrogens with one attached hydrogen (secondary N) is 2. The van der Waals surface area contributed by atoms with Crippen LogP contribution in [0.2, 0.25) is 0 Å². The summed E-state index contributed by atoms with van der Waals surface area (Å²) < 4.78 is 12.9. The van der Waals surface area contributed by atoms with Crippen molar-refractivity contribution in [1.29, 1.82) is 5.26 Å². The highest BCUT2D eigenvalue weighted by Crippen LogP contribution is 2.38. The molecule has 0 fully saturated rings. The van der Waals surface area contributed by atoms with E-state index in [4.69, 9.17) is 0 Å². The Labute approximate surface area is 144 Å². The Morgan fingerprint density at radius 3 is 2.83 bits per heavy atom. The lowest BCUT2D eigenvalue weighted by molar-refractivity contribution is -0.115. The van der Waals surface area contributed by atoms with Crippen LogP contribution in [0.25, 0.3) is 0 Å². The molecule has 2 aromatic rings. The van der Waals surface area contributed by atoms with E-state index < -0.39 is 0 Å². The Morgan fingerprint density at radius 2 is 2.12 bits per heavy atom. The number of fused-ring (bicyclic) bond motifs is 1. The molecule has 1 heterocycles. The molecule has 0 saturated heterocycles. The molecule has 1 aliphatic rings. The Hall–Kier alpha value is -2.23. The fourth-order valence-electron chi connectivity index (χ4n) is 2.90. The summed E-state index contributed by atoms with van der Waals surface area (Å²) in [7, 11) is 0. The van der Waals surface area contributed by atoms with Gasteiger partial charge in [0, 0.05) is 10.9 Å². The van der Waals surface area contributed by atoms with Crippen molar-refractivity contribution in [2.75, 3.05) is 11.9 Å². The van der Waals surface area contributed by atoms with Gasteiger partial charge in [0.15, 0.2) is 0 Å². The zero-order valence-corrected chi connectivity index (χ0v) is 14.2. The van der Waals surface area contributed by atoms with E-state index in [1.165, 1.54) is 28.3 Å². The zero-order valence-electron chi connectivity index (χ0n) is 13.4. The summed E-state index contributed by atoms with van der Waals surface area (Å²) in [4.78, 5) is 13.4. The Bertz CT molecular complexity index is 792. The minimum Gasteiger partial charge on any atom is -0.315 e. The van der Waals surface area contributed by atoms with Gasteiger partial charge in [-0.3, -0.25) is 4.79 Å². The summed E-state index contributed by atoms with van der Waals surface area (Å²) in [6, 6.07) is 8.35. The predicted molar refractivity (Wildman–Crippen MR) is 92.5 cm³/mol. The van der Waals surface area contributed by atoms with Crippen LogP contribution in [-0.4, -0.2) is 12.5 Å². The highest BCUT2D eigenvalue weighted by Gasteiger charge is 2.23. The van der Waals surface area contributed by atoms with E-state index in [2.05, 4.69) is 16.7 Å². The second-order valence-electron chi connectivity index (χ2n) is 5.88. The smallest absolute Gasteiger partial charge is 0.238 e. The van der Waals surface area contributed by atoms with E-state index >= 15 is 0 Å². The molecule has 1 atom stereocenters. The van der Waals surface area contributed by atoms with Crippen LogP contribution in [0.4, 0.5) is 9.39 Å². The van der Waals surface area contributed by atoms with Crippen LogP contribution in [0.3, 0.4) is 0 Å². The lowest BCUT2D eigenvalue weighted by Gasteiger charge is -2.14. The van der Waals surface area contributed by atoms with Gasteiger partial charge >= 0.3 is 0 Å². The lowest BCUT2D eigenvalue weighted by Crippen LogP contribution is -2.30. The molecule has 4 nitrogen and oxygen atoms in total. The minimum atomic E-state index is -0.279. The van der Waals surface area contributed by atoms with Crippen molar-refractivity contribution in [1.82, 2.24) is 5.32 Å². The fourth-order valence-corrected chi connectivity index (χ4v) is 4.15. The van der Waals surface area contributed by atoms with Gasteiger partial charge in [0.1, 0.15) is 16.9 Å². The number of benzene rings is 1. The molecule has 3 rings (SSSR count). The Morgan fingerprint density at radius 1 is 1.38 bits per heavy atom. The fraction of sp³-hybridized carbons (Fsp3) is 0.333. The first-order valence-corrected chi connectivity index (χ1v) is 8.73. The van der Waals surface area contributed by atoms with Gasteiger partial charge in [0.25, 0.3) is 0 Å². The van der Waals surface area contributed by atoms with Crippen molar-refractivity contribution in [2.45, 2.75) is 32.2 Å². The van der Waals surface area contributed by atoms with E-state index in [0.29, 0.717) is 10.6 Å². The van der Waals surface area contributed by atoms with Gasteiger partial charge in [-0.25, -0.2) is 4.39 Å². The van der Waals surface area contributed by atoms with Crippen LogP contribution in [-0.2, 0) is 17.6 Å². The van der Waals surface area contributed by atoms with Crippen LogP contribution in [0.1, 0.15) is 41.0 Å². The molecule has 124 valence electrons. The largest absolute Gasteiger partial charge is 0.315 e. The number of rotatable bonds is 5. The molecule has 1 amide bonds. The number of nitriles is 1. The second kappa shape index (κ2) is 7.12. The van der Waals surface area contributed by atoms with Crippen LogP contribution >= 0.6 is 11.3 Å². The Kier molecular flexibility index (Phi) is 4.93. The molecule has 0 radical (unpaired) electrons. The summed E-state index contributed by atoms with van der Waals surface area (Å²) in [6.07, 6.45) is 3.00. The van der Waals surface area contributed by atoms with Crippen molar-refractivity contribution in [3.8, 4) is 6.07 Å². The second-order valence-corrected chi connectivity index (χ2v) is 6.98. The SMILES string of the molecule is CC(NCC(=O)Nc1sc2c(c1C#N)CCC2)c1ccc(F)cc1. The third-order valence-corrected chi connectivity index (χ3v) is 5.43. The van der Waals surface area contributed by atoms with Crippen molar-refractivity contribution in [3.63, 3.8) is 0 Å². The molecule has 2 N–H and O–H groups in total. The van der Waals surface area contributed by atoms with Gasteiger partial charge in [-0.15, -0.1) is 11.3 Å². The maximum Gasteiger partial charge on any atom is 0.238 e. The van der Waals surface area contributed by atoms with Gasteiger partial charge in [-0.2, -0.15) is 5.26 Å². The van der Waals surface area contributed by atoms with E-state index in [9.17, 15) is 14.4 Å². The molecule has 1 aromatic carbocycles. The van der Waals surface area contributed by atoms with Gasteiger partial charge in [-0.05, 0) is 49.4 Å². The molecule has 0 aliphatic heterocycles. The number of thiophene rings is 1. The van der Waals surface area contributed by atoms with Crippen LogP contribution in [0.15, 0.2) is 24.3 Å². The van der Waals surface area contributed by atoms with Crippen molar-refractivity contribution >= 4 is 22.2 Å². The predicted octanol–water partition coefficient (Wildman–Crippen LogP) is 3.54. The van der Waals surface area contributed by atoms with Crippen molar-refractivity contribution in [2.24, 2.45) is 0 Å². The van der Waals surface area contributed by atoms with E-state index in [-0.39, 0.29) is 24.3 Å². The molecule has 1 aliphatic carbocycles. The van der Waals surface area contributed by atoms with Crippen LogP contribution in [0.5, 0.6) is 0 Å². The summed E-state index contributed by atoms with van der Waals surface area (Å²) >= 11 is 1.51. The number of hydrogen-bond acceptors (Lipinski definition) is 4. The number of hydrogen-bond donors (Lipinski definition) is 2. The summed E-state index contributed by atoms with van der Waals surface area (Å²) in [5, 5.41) is 15.9. The standard InChI is InChI=1S/C18H18FN3OS/c1-11(12-5-7-13(19)8-6-12)21-10-17(23)22-18-15(9-20)14-3-2-4-16(14)24-18/h5-8,11,21H,2-4,10H2,1H3,(H,22,23). The average Bonchev–Trinajstić information content (AvgIpc) is 3.13. The maximum atomic E-state index is 12.9. The first-order valence-electron chi connectivity index (χ1n) is 7.92. The molecule has 1 aromatic heterocycles. The molecule has 6 heteroatoms. The third-order valence-electron chi connectivity index (χ3n) is 4.22. The topological polar surface area (TPSA) is 64.9 Å². The first kappa shape index (κ1) is 16.6. The van der Waals surface area contributed by atoms with Gasteiger partial charge in [-0.1, -0.05) is 12.1 Å². The van der Waals surface area contributed by atoms with E-state index in [0.717, 1.165) is 30.4 Å². The van der Waals surface area contributed by atoms with Crippen LogP contribution < -0.4 is 10.6 Å². The normalized spacial score (nSPS) is 14.0. The van der Waals surface area contributed by atoms with Gasteiger partial charge < -0.3 is 10.6 Å². The lowest BCUT2D eigenvalue weighted by atomic mass is 10.1. The number of halogens is 1. The number of amides is 1. The van der Waals surface area contributed by atoms with Crippen LogP contribution in [0, 0.1) is 17.1 Å². The number of carbonyl (C=O) groups is 1. The number of nitrogens with zero attached hydrogens (tertiary/aromatic N) is 1. The molecular weight excluding hydrogens is 325 g/mol. The molecule has 0 spiro atoms. The average molecular weight is 343 g/mol. The van der Waals surface area contributed by atoms with Gasteiger partial charge in [0.05, 0.1) is 12.1 Å². The zero-order chi connectivity index (χ0) is 17.1. The minimum absolute atomic E-state index is 0.0693. The Balaban J connectivity index is 1.58. The number of aryl methyl sites for hydroxylation is 1. The highest BCUT2D eigenvalue weighted by molar-refractivity contribution is 7.16. The maximum absolute atomic E-state index is 12.9. The molecule has 24 heavy (non-hydrogen) atoms. The monoisotopic (exact) mass is 343 g/mol. The van der Waals surface area contributed by atoms with E-state index in [1.54, 1.807) is 12.1 Å². The summed E-state index contributed by atoms with van der Waals surface area (Å²) in [6.45, 7) is 2.05. The number of anilines is 1. The van der Waals surface area contributed by atoms with Crippen molar-refractivity contribution in [3.05, 3.63) is 51.7 Å². The molecular formula is C18H18FN3OS. The first-order chi connectivity index (χ1) is 11.6. The summed E-state index contributed by atoms with van der Waals surface area (Å²) in [5.74, 6) is -0.459. The van der Waals surface area contributed by atoms with Gasteiger partial charge in [0.2, 0.25) is 5.91 Å². The molecule has 0 bridgehead atoms. The molecule has 0 saturated carbocycles.